The lowest BCUT2D eigenvalue weighted by Crippen LogP contribution is -2.47. The highest BCUT2D eigenvalue weighted by Gasteiger charge is 2.32. The van der Waals surface area contributed by atoms with Crippen LogP contribution >= 0.6 is 11.6 Å². The molecule has 8 nitrogen and oxygen atoms in total. The van der Waals surface area contributed by atoms with Gasteiger partial charge in [0.1, 0.15) is 6.04 Å². The highest BCUT2D eigenvalue weighted by molar-refractivity contribution is 7.88. The summed E-state index contributed by atoms with van der Waals surface area (Å²) in [5, 5.41) is 3.40. The molecule has 0 fully saturated rings. The van der Waals surface area contributed by atoms with Crippen LogP contribution in [-0.4, -0.2) is 54.3 Å². The fourth-order valence-electron chi connectivity index (χ4n) is 3.39. The molecule has 0 aliphatic rings. The van der Waals surface area contributed by atoms with E-state index in [1.807, 2.05) is 12.1 Å². The maximum absolute atomic E-state index is 13.5. The summed E-state index contributed by atoms with van der Waals surface area (Å²) >= 11 is 6.01. The molecule has 3 rings (SSSR count). The summed E-state index contributed by atoms with van der Waals surface area (Å²) in [6.45, 7) is -0.164. The molecule has 10 heteroatoms. The molecule has 35 heavy (non-hydrogen) atoms. The van der Waals surface area contributed by atoms with Gasteiger partial charge in [-0.15, -0.1) is 0 Å². The molecule has 2 aromatic carbocycles. The average molecular weight is 515 g/mol. The monoisotopic (exact) mass is 514 g/mol. The van der Waals surface area contributed by atoms with Gasteiger partial charge in [-0.2, -0.15) is 4.31 Å². The molecule has 2 amide bonds. The number of halogens is 1. The lowest BCUT2D eigenvalue weighted by molar-refractivity contribution is -0.141. The second-order valence-electron chi connectivity index (χ2n) is 8.02. The van der Waals surface area contributed by atoms with Crippen LogP contribution in [-0.2, 0) is 32.7 Å². The third-order valence-corrected chi connectivity index (χ3v) is 6.87. The van der Waals surface area contributed by atoms with Crippen LogP contribution in [0.2, 0.25) is 5.02 Å². The van der Waals surface area contributed by atoms with E-state index in [1.54, 1.807) is 66.9 Å². The summed E-state index contributed by atoms with van der Waals surface area (Å²) in [6, 6.07) is 20.2. The van der Waals surface area contributed by atoms with Crippen molar-refractivity contribution in [3.8, 4) is 0 Å². The lowest BCUT2D eigenvalue weighted by atomic mass is 10.0. The Kier molecular flexibility index (Phi) is 8.97. The molecule has 0 aliphatic carbocycles. The van der Waals surface area contributed by atoms with E-state index >= 15 is 0 Å². The average Bonchev–Trinajstić information content (AvgIpc) is 2.84. The van der Waals surface area contributed by atoms with E-state index in [4.69, 9.17) is 11.6 Å². The summed E-state index contributed by atoms with van der Waals surface area (Å²) in [5.74, 6) is -0.930. The van der Waals surface area contributed by atoms with Gasteiger partial charge in [-0.3, -0.25) is 14.6 Å². The maximum Gasteiger partial charge on any atom is 0.247 e. The summed E-state index contributed by atoms with van der Waals surface area (Å²) in [7, 11) is -2.28. The third kappa shape index (κ3) is 7.61. The Hall–Kier alpha value is -3.27. The fourth-order valence-corrected chi connectivity index (χ4v) is 3.86. The van der Waals surface area contributed by atoms with Crippen LogP contribution in [0.1, 0.15) is 22.9 Å². The van der Waals surface area contributed by atoms with Crippen LogP contribution in [0.4, 0.5) is 0 Å². The number of carbonyl (C=O) groups excluding carboxylic acids is 2. The molecule has 0 saturated heterocycles. The lowest BCUT2D eigenvalue weighted by Gasteiger charge is -2.32. The minimum Gasteiger partial charge on any atom is -0.348 e. The first-order valence-corrected chi connectivity index (χ1v) is 13.1. The van der Waals surface area contributed by atoms with Crippen LogP contribution in [0.3, 0.4) is 0 Å². The Bertz CT molecular complexity index is 1240. The number of hydrogen-bond acceptors (Lipinski definition) is 5. The van der Waals surface area contributed by atoms with E-state index in [2.05, 4.69) is 10.3 Å². The predicted octanol–water partition coefficient (Wildman–Crippen LogP) is 3.01. The summed E-state index contributed by atoms with van der Waals surface area (Å²) in [4.78, 5) is 32.6. The largest absolute Gasteiger partial charge is 0.348 e. The molecular weight excluding hydrogens is 488 g/mol. The molecule has 0 aliphatic heterocycles. The van der Waals surface area contributed by atoms with Crippen LogP contribution in [0, 0.1) is 0 Å². The van der Waals surface area contributed by atoms with E-state index in [9.17, 15) is 18.0 Å². The van der Waals surface area contributed by atoms with Gasteiger partial charge < -0.3 is 10.2 Å². The van der Waals surface area contributed by atoms with Gasteiger partial charge in [0.25, 0.3) is 0 Å². The highest BCUT2D eigenvalue weighted by Crippen LogP contribution is 2.25. The normalized spacial score (nSPS) is 12.2. The molecule has 0 unspecified atom stereocenters. The van der Waals surface area contributed by atoms with E-state index in [1.165, 1.54) is 11.9 Å². The number of carbonyl (C=O) groups is 2. The standard InChI is InChI=1S/C25H27ClN4O4S/c1-29(35(2,33)34)18-23(31)30(17-19-11-13-21(26)14-12-19)24(20-8-4-3-5-9-20)25(32)28-16-22-10-6-7-15-27-22/h3-15,24H,16-18H2,1-2H3,(H,28,32)/t24-/m1/s1. The molecule has 0 bridgehead atoms. The number of benzene rings is 2. The summed E-state index contributed by atoms with van der Waals surface area (Å²) < 4.78 is 24.9. The van der Waals surface area contributed by atoms with E-state index < -0.39 is 34.4 Å². The van der Waals surface area contributed by atoms with Crippen molar-refractivity contribution < 1.29 is 18.0 Å². The smallest absolute Gasteiger partial charge is 0.247 e. The van der Waals surface area contributed by atoms with Gasteiger partial charge >= 0.3 is 0 Å². The summed E-state index contributed by atoms with van der Waals surface area (Å²) in [5.41, 5.74) is 2.00. The van der Waals surface area contributed by atoms with Gasteiger partial charge in [0.05, 0.1) is 25.0 Å². The van der Waals surface area contributed by atoms with Gasteiger partial charge in [-0.1, -0.05) is 60.1 Å². The number of nitrogens with one attached hydrogen (secondary N) is 1. The van der Waals surface area contributed by atoms with E-state index in [-0.39, 0.29) is 13.1 Å². The molecule has 0 radical (unpaired) electrons. The van der Waals surface area contributed by atoms with Gasteiger partial charge in [0.2, 0.25) is 21.8 Å². The van der Waals surface area contributed by atoms with E-state index in [0.29, 0.717) is 16.3 Å². The Morgan fingerprint density at radius 1 is 1.00 bits per heavy atom. The second kappa shape index (κ2) is 11.9. The molecule has 1 aromatic heterocycles. The number of amides is 2. The van der Waals surface area contributed by atoms with Crippen LogP contribution in [0.25, 0.3) is 0 Å². The van der Waals surface area contributed by atoms with Gasteiger partial charge in [0, 0.05) is 24.8 Å². The number of nitrogens with zero attached hydrogens (tertiary/aromatic N) is 3. The molecule has 1 N–H and O–H groups in total. The number of pyridine rings is 1. The zero-order valence-corrected chi connectivity index (χ0v) is 21.0. The van der Waals surface area contributed by atoms with Crippen LogP contribution in [0.15, 0.2) is 79.0 Å². The van der Waals surface area contributed by atoms with E-state index in [0.717, 1.165) is 16.1 Å². The molecule has 184 valence electrons. The number of likely N-dealkylation sites (N-methyl/N-ethyl adjacent to an activating group) is 1. The number of aromatic nitrogens is 1. The molecular formula is C25H27ClN4O4S. The zero-order chi connectivity index (χ0) is 25.4. The fraction of sp³-hybridized carbons (Fsp3) is 0.240. The first-order chi connectivity index (χ1) is 16.6. The molecule has 0 spiro atoms. The topological polar surface area (TPSA) is 99.7 Å². The minimum atomic E-state index is -3.61. The van der Waals surface area contributed by atoms with Crippen LogP contribution in [0.5, 0.6) is 0 Å². The second-order valence-corrected chi connectivity index (χ2v) is 10.5. The van der Waals surface area contributed by atoms with Gasteiger partial charge in [-0.25, -0.2) is 8.42 Å². The molecule has 3 aromatic rings. The first-order valence-electron chi connectivity index (χ1n) is 10.8. The highest BCUT2D eigenvalue weighted by atomic mass is 35.5. The molecule has 1 heterocycles. The molecule has 1 atom stereocenters. The van der Waals surface area contributed by atoms with Crippen molar-refractivity contribution in [2.75, 3.05) is 19.8 Å². The predicted molar refractivity (Wildman–Crippen MR) is 135 cm³/mol. The van der Waals surface area contributed by atoms with Crippen molar-refractivity contribution in [1.82, 2.24) is 19.5 Å². The number of hydrogen-bond donors (Lipinski definition) is 1. The summed E-state index contributed by atoms with van der Waals surface area (Å²) in [6.07, 6.45) is 2.66. The zero-order valence-electron chi connectivity index (χ0n) is 19.5. The van der Waals surface area contributed by atoms with Crippen molar-refractivity contribution in [3.63, 3.8) is 0 Å². The van der Waals surface area contributed by atoms with Crippen molar-refractivity contribution in [2.24, 2.45) is 0 Å². The van der Waals surface area contributed by atoms with Gasteiger partial charge in [-0.05, 0) is 35.4 Å². The molecule has 0 saturated carbocycles. The first kappa shape index (κ1) is 26.3. The number of sulfonamides is 1. The Morgan fingerprint density at radius 2 is 1.66 bits per heavy atom. The van der Waals surface area contributed by atoms with Gasteiger partial charge in [0.15, 0.2) is 0 Å². The Labute approximate surface area is 210 Å². The van der Waals surface area contributed by atoms with Crippen molar-refractivity contribution >= 4 is 33.4 Å². The van der Waals surface area contributed by atoms with Crippen molar-refractivity contribution in [2.45, 2.75) is 19.1 Å². The quantitative estimate of drug-likeness (QED) is 0.448. The Morgan fingerprint density at radius 3 is 2.26 bits per heavy atom. The van der Waals surface area contributed by atoms with Crippen molar-refractivity contribution in [1.29, 1.82) is 0 Å². The van der Waals surface area contributed by atoms with Crippen LogP contribution < -0.4 is 5.32 Å². The minimum absolute atomic E-state index is 0.0736. The Balaban J connectivity index is 1.97. The maximum atomic E-state index is 13.5. The third-order valence-electron chi connectivity index (χ3n) is 5.36. The SMILES string of the molecule is CN(CC(=O)N(Cc1ccc(Cl)cc1)[C@@H](C(=O)NCc1ccccn1)c1ccccc1)S(C)(=O)=O. The number of rotatable bonds is 10. The van der Waals surface area contributed by atoms with Crippen molar-refractivity contribution in [3.05, 3.63) is 101 Å².